The normalized spacial score (nSPS) is 11.9. The maximum atomic E-state index is 13.0. The van der Waals surface area contributed by atoms with Crippen molar-refractivity contribution in [1.82, 2.24) is 5.32 Å². The number of hydrogen-bond donors (Lipinski definition) is 1. The topological polar surface area (TPSA) is 21.3 Å². The Kier molecular flexibility index (Phi) is 7.00. The summed E-state index contributed by atoms with van der Waals surface area (Å²) in [4.78, 5) is 0. The summed E-state index contributed by atoms with van der Waals surface area (Å²) in [6.45, 7) is 3.46. The fourth-order valence-corrected chi connectivity index (χ4v) is 2.91. The molecule has 0 aliphatic heterocycles. The van der Waals surface area contributed by atoms with E-state index < -0.39 is 0 Å². The van der Waals surface area contributed by atoms with Crippen LogP contribution in [-0.4, -0.2) is 6.04 Å². The summed E-state index contributed by atoms with van der Waals surface area (Å²) in [6, 6.07) is 25.5. The Morgan fingerprint density at radius 3 is 2.37 bits per heavy atom. The molecule has 0 saturated carbocycles. The number of benzene rings is 3. The van der Waals surface area contributed by atoms with Crippen LogP contribution in [0.1, 0.15) is 30.0 Å². The minimum absolute atomic E-state index is 0.229. The first kappa shape index (κ1) is 19.1. The summed E-state index contributed by atoms with van der Waals surface area (Å²) in [6.07, 6.45) is 2.18. The van der Waals surface area contributed by atoms with Crippen LogP contribution in [0.5, 0.6) is 5.75 Å². The monoisotopic (exact) mass is 363 g/mol. The highest BCUT2D eigenvalue weighted by Gasteiger charge is 2.04. The minimum Gasteiger partial charge on any atom is -0.489 e. The summed E-state index contributed by atoms with van der Waals surface area (Å²) in [5.74, 6) is 0.601. The first-order valence-electron chi connectivity index (χ1n) is 9.42. The fourth-order valence-electron chi connectivity index (χ4n) is 2.91. The lowest BCUT2D eigenvalue weighted by Gasteiger charge is -2.14. The Morgan fingerprint density at radius 1 is 0.852 bits per heavy atom. The van der Waals surface area contributed by atoms with Crippen LogP contribution in [0, 0.1) is 5.82 Å². The van der Waals surface area contributed by atoms with Crippen LogP contribution in [-0.2, 0) is 19.6 Å². The zero-order valence-corrected chi connectivity index (χ0v) is 15.7. The molecule has 0 saturated heterocycles. The van der Waals surface area contributed by atoms with E-state index in [1.165, 1.54) is 23.3 Å². The molecular weight excluding hydrogens is 337 g/mol. The Hall–Kier alpha value is -2.65. The molecule has 3 aromatic rings. The van der Waals surface area contributed by atoms with E-state index in [1.54, 1.807) is 12.1 Å². The lowest BCUT2D eigenvalue weighted by molar-refractivity contribution is 0.305. The van der Waals surface area contributed by atoms with Crippen LogP contribution in [0.4, 0.5) is 4.39 Å². The van der Waals surface area contributed by atoms with E-state index in [2.05, 4.69) is 54.7 Å². The summed E-state index contributed by atoms with van der Waals surface area (Å²) in [5.41, 5.74) is 3.52. The van der Waals surface area contributed by atoms with Crippen molar-refractivity contribution in [2.24, 2.45) is 0 Å². The Balaban J connectivity index is 1.44. The van der Waals surface area contributed by atoms with Crippen molar-refractivity contribution in [1.29, 1.82) is 0 Å². The molecule has 0 spiro atoms. The van der Waals surface area contributed by atoms with E-state index in [4.69, 9.17) is 4.74 Å². The van der Waals surface area contributed by atoms with Gasteiger partial charge < -0.3 is 10.1 Å². The molecule has 0 heterocycles. The first-order chi connectivity index (χ1) is 13.2. The molecule has 0 radical (unpaired) electrons. The molecule has 3 rings (SSSR count). The quantitative estimate of drug-likeness (QED) is 0.541. The number of rotatable bonds is 9. The molecule has 0 unspecified atom stereocenters. The van der Waals surface area contributed by atoms with Crippen LogP contribution < -0.4 is 10.1 Å². The molecule has 0 amide bonds. The van der Waals surface area contributed by atoms with Gasteiger partial charge in [0.2, 0.25) is 0 Å². The van der Waals surface area contributed by atoms with E-state index >= 15 is 0 Å². The van der Waals surface area contributed by atoms with Gasteiger partial charge in [0.15, 0.2) is 0 Å². The van der Waals surface area contributed by atoms with Crippen LogP contribution in [0.3, 0.4) is 0 Å². The van der Waals surface area contributed by atoms with Gasteiger partial charge in [-0.05, 0) is 60.7 Å². The largest absolute Gasteiger partial charge is 0.489 e. The molecule has 1 N–H and O–H groups in total. The lowest BCUT2D eigenvalue weighted by atomic mass is 10.1. The van der Waals surface area contributed by atoms with E-state index in [1.807, 2.05) is 12.1 Å². The predicted molar refractivity (Wildman–Crippen MR) is 108 cm³/mol. The van der Waals surface area contributed by atoms with E-state index in [-0.39, 0.29) is 5.82 Å². The van der Waals surface area contributed by atoms with E-state index in [0.717, 1.165) is 30.7 Å². The first-order valence-corrected chi connectivity index (χ1v) is 9.42. The van der Waals surface area contributed by atoms with Crippen LogP contribution in [0.25, 0.3) is 0 Å². The highest BCUT2D eigenvalue weighted by atomic mass is 19.1. The number of nitrogens with one attached hydrogen (secondary N) is 1. The van der Waals surface area contributed by atoms with Crippen molar-refractivity contribution >= 4 is 0 Å². The zero-order chi connectivity index (χ0) is 18.9. The summed E-state index contributed by atoms with van der Waals surface area (Å²) in [7, 11) is 0. The second kappa shape index (κ2) is 9.89. The van der Waals surface area contributed by atoms with Crippen molar-refractivity contribution in [3.05, 3.63) is 101 Å². The third-order valence-corrected chi connectivity index (χ3v) is 4.58. The highest BCUT2D eigenvalue weighted by molar-refractivity contribution is 5.29. The number of ether oxygens (including phenoxy) is 1. The van der Waals surface area contributed by atoms with Crippen molar-refractivity contribution in [2.45, 2.75) is 39.0 Å². The van der Waals surface area contributed by atoms with Gasteiger partial charge in [-0.3, -0.25) is 0 Å². The predicted octanol–water partition coefficient (Wildman–Crippen LogP) is 5.52. The van der Waals surface area contributed by atoms with Gasteiger partial charge in [0, 0.05) is 12.6 Å². The van der Waals surface area contributed by atoms with E-state index in [0.29, 0.717) is 12.6 Å². The summed E-state index contributed by atoms with van der Waals surface area (Å²) >= 11 is 0. The standard InChI is InChI=1S/C24H26FNO/c1-19(10-11-20-6-3-2-4-7-20)26-17-22-8-5-9-24(16-22)27-18-21-12-14-23(25)15-13-21/h2-9,12-16,19,26H,10-11,17-18H2,1H3/t19-/m1/s1. The third-order valence-electron chi connectivity index (χ3n) is 4.58. The van der Waals surface area contributed by atoms with Crippen molar-refractivity contribution in [3.63, 3.8) is 0 Å². The fraction of sp³-hybridized carbons (Fsp3) is 0.250. The lowest BCUT2D eigenvalue weighted by Crippen LogP contribution is -2.25. The molecule has 3 aromatic carbocycles. The summed E-state index contributed by atoms with van der Waals surface area (Å²) < 4.78 is 18.8. The summed E-state index contributed by atoms with van der Waals surface area (Å²) in [5, 5.41) is 3.58. The Labute approximate surface area is 161 Å². The van der Waals surface area contributed by atoms with Crippen molar-refractivity contribution < 1.29 is 9.13 Å². The molecule has 0 aliphatic rings. The zero-order valence-electron chi connectivity index (χ0n) is 15.7. The van der Waals surface area contributed by atoms with Gasteiger partial charge in [0.05, 0.1) is 0 Å². The third kappa shape index (κ3) is 6.54. The Bertz CT molecular complexity index is 817. The van der Waals surface area contributed by atoms with E-state index in [9.17, 15) is 4.39 Å². The van der Waals surface area contributed by atoms with Gasteiger partial charge in [-0.1, -0.05) is 54.6 Å². The molecule has 0 bridgehead atoms. The van der Waals surface area contributed by atoms with Crippen molar-refractivity contribution in [3.8, 4) is 5.75 Å². The second-order valence-electron chi connectivity index (χ2n) is 6.87. The molecule has 27 heavy (non-hydrogen) atoms. The van der Waals surface area contributed by atoms with Crippen LogP contribution in [0.15, 0.2) is 78.9 Å². The smallest absolute Gasteiger partial charge is 0.123 e. The number of halogens is 1. The van der Waals surface area contributed by atoms with Gasteiger partial charge in [0.25, 0.3) is 0 Å². The molecule has 1 atom stereocenters. The maximum absolute atomic E-state index is 13.0. The molecule has 2 nitrogen and oxygen atoms in total. The average molecular weight is 363 g/mol. The van der Waals surface area contributed by atoms with Gasteiger partial charge in [0.1, 0.15) is 18.2 Å². The average Bonchev–Trinajstić information content (AvgIpc) is 2.71. The Morgan fingerprint density at radius 2 is 1.59 bits per heavy atom. The number of hydrogen-bond acceptors (Lipinski definition) is 2. The van der Waals surface area contributed by atoms with Gasteiger partial charge >= 0.3 is 0 Å². The highest BCUT2D eigenvalue weighted by Crippen LogP contribution is 2.16. The van der Waals surface area contributed by atoms with Gasteiger partial charge in [-0.15, -0.1) is 0 Å². The number of aryl methyl sites for hydroxylation is 1. The molecule has 0 aliphatic carbocycles. The molecule has 140 valence electrons. The SMILES string of the molecule is C[C@H](CCc1ccccc1)NCc1cccc(OCc2ccc(F)cc2)c1. The van der Waals surface area contributed by atoms with Crippen molar-refractivity contribution in [2.75, 3.05) is 0 Å². The molecule has 0 aromatic heterocycles. The molecule has 0 fully saturated rings. The molecule has 3 heteroatoms. The van der Waals surface area contributed by atoms with Crippen LogP contribution >= 0.6 is 0 Å². The minimum atomic E-state index is -0.229. The molecular formula is C24H26FNO. The van der Waals surface area contributed by atoms with Gasteiger partial charge in [-0.2, -0.15) is 0 Å². The van der Waals surface area contributed by atoms with Crippen LogP contribution in [0.2, 0.25) is 0 Å². The second-order valence-corrected chi connectivity index (χ2v) is 6.87. The maximum Gasteiger partial charge on any atom is 0.123 e. The van der Waals surface area contributed by atoms with Gasteiger partial charge in [-0.25, -0.2) is 4.39 Å².